The summed E-state index contributed by atoms with van der Waals surface area (Å²) in [6, 6.07) is 6.94. The number of fused-ring (bicyclic) bond motifs is 2. The highest BCUT2D eigenvalue weighted by Gasteiger charge is 2.40. The summed E-state index contributed by atoms with van der Waals surface area (Å²) in [7, 11) is 1.54. The Morgan fingerprint density at radius 2 is 1.80 bits per heavy atom. The van der Waals surface area contributed by atoms with Crippen molar-refractivity contribution in [3.05, 3.63) is 52.1 Å². The van der Waals surface area contributed by atoms with E-state index in [1.165, 1.54) is 7.05 Å². The van der Waals surface area contributed by atoms with Gasteiger partial charge in [-0.25, -0.2) is 4.79 Å². The van der Waals surface area contributed by atoms with Gasteiger partial charge < -0.3 is 29.7 Å². The van der Waals surface area contributed by atoms with Gasteiger partial charge in [-0.2, -0.15) is 0 Å². The lowest BCUT2D eigenvalue weighted by molar-refractivity contribution is -0.142. The molecule has 222 valence electrons. The number of carbonyl (C=O) groups is 3. The third kappa shape index (κ3) is 5.91. The van der Waals surface area contributed by atoms with Crippen molar-refractivity contribution in [1.29, 1.82) is 5.41 Å². The first kappa shape index (κ1) is 31.9. The molecule has 0 radical (unpaired) electrons. The van der Waals surface area contributed by atoms with Crippen LogP contribution in [0, 0.1) is 5.41 Å². The number of amidine groups is 1. The van der Waals surface area contributed by atoms with Crippen LogP contribution in [-0.4, -0.2) is 72.4 Å². The normalized spacial score (nSPS) is 14.5. The summed E-state index contributed by atoms with van der Waals surface area (Å²) in [4.78, 5) is 41.8. The highest BCUT2D eigenvalue weighted by molar-refractivity contribution is 8.93. The molecule has 0 saturated carbocycles. The Bertz CT molecular complexity index is 1400. The molecule has 0 bridgehead atoms. The summed E-state index contributed by atoms with van der Waals surface area (Å²) in [5.74, 6) is -0.305. The van der Waals surface area contributed by atoms with Gasteiger partial charge in [0.25, 0.3) is 5.91 Å². The number of halogens is 1. The first-order valence-electron chi connectivity index (χ1n) is 13.4. The predicted molar refractivity (Wildman–Crippen MR) is 163 cm³/mol. The highest BCUT2D eigenvalue weighted by atomic mass is 79.9. The van der Waals surface area contributed by atoms with Crippen molar-refractivity contribution in [3.8, 4) is 11.5 Å². The Kier molecular flexibility index (Phi) is 9.12. The number of amides is 1. The zero-order valence-electron chi connectivity index (χ0n) is 24.6. The summed E-state index contributed by atoms with van der Waals surface area (Å²) in [5.41, 5.74) is 1.95. The second-order valence-electron chi connectivity index (χ2n) is 11.6. The van der Waals surface area contributed by atoms with Crippen LogP contribution in [0.1, 0.15) is 78.9 Å². The molecule has 2 aromatic rings. The minimum atomic E-state index is -1.21. The van der Waals surface area contributed by atoms with Crippen LogP contribution < -0.4 is 19.7 Å². The van der Waals surface area contributed by atoms with Gasteiger partial charge in [-0.3, -0.25) is 15.0 Å². The number of Topliss-reactive ketones (excluding diaryl/α,β-unsaturated/α-hetero) is 1. The first-order chi connectivity index (χ1) is 18.7. The lowest BCUT2D eigenvalue weighted by Gasteiger charge is -2.42. The summed E-state index contributed by atoms with van der Waals surface area (Å²) in [5, 5.41) is 21.3. The maximum atomic E-state index is 13.7. The first-order valence-corrected chi connectivity index (χ1v) is 13.4. The molecule has 4 rings (SSSR count). The number of carbonyl (C=O) groups excluding carboxylic acids is 2. The smallest absolute Gasteiger partial charge is 0.328 e. The molecule has 2 heterocycles. The minimum Gasteiger partial charge on any atom is -0.493 e. The Balaban J connectivity index is 0.00000462. The van der Waals surface area contributed by atoms with E-state index in [2.05, 4.69) is 5.32 Å². The van der Waals surface area contributed by atoms with Gasteiger partial charge in [0, 0.05) is 30.3 Å². The van der Waals surface area contributed by atoms with Crippen LogP contribution in [0.15, 0.2) is 24.3 Å². The summed E-state index contributed by atoms with van der Waals surface area (Å²) in [6.07, 6.45) is 0. The molecule has 0 fully saturated rings. The number of nitrogens with zero attached hydrogens (tertiary/aromatic N) is 2. The van der Waals surface area contributed by atoms with Gasteiger partial charge in [0.05, 0.1) is 30.9 Å². The third-order valence-corrected chi connectivity index (χ3v) is 7.49. The largest absolute Gasteiger partial charge is 0.493 e. The number of anilines is 1. The Hall–Kier alpha value is -3.60. The molecule has 0 aromatic heterocycles. The van der Waals surface area contributed by atoms with Crippen molar-refractivity contribution in [3.63, 3.8) is 0 Å². The molecular weight excluding hydrogens is 592 g/mol. The molecule has 2 aliphatic rings. The minimum absolute atomic E-state index is 0. The molecular formula is C30H39BrN4O6. The van der Waals surface area contributed by atoms with E-state index in [-0.39, 0.29) is 46.5 Å². The van der Waals surface area contributed by atoms with Crippen LogP contribution in [0.2, 0.25) is 0 Å². The number of benzene rings is 2. The van der Waals surface area contributed by atoms with E-state index >= 15 is 0 Å². The number of hydrogen-bond donors (Lipinski definition) is 3. The lowest BCUT2D eigenvalue weighted by atomic mass is 9.83. The number of nitrogens with one attached hydrogen (secondary N) is 2. The number of ketones is 1. The van der Waals surface area contributed by atoms with Crippen molar-refractivity contribution >= 4 is 46.2 Å². The van der Waals surface area contributed by atoms with Gasteiger partial charge in [0.15, 0.2) is 5.78 Å². The van der Waals surface area contributed by atoms with E-state index in [0.29, 0.717) is 60.2 Å². The van der Waals surface area contributed by atoms with Crippen molar-refractivity contribution < 1.29 is 29.0 Å². The predicted octanol–water partition coefficient (Wildman–Crippen LogP) is 4.41. The van der Waals surface area contributed by atoms with Crippen LogP contribution >= 0.6 is 17.0 Å². The number of carboxylic acid groups (broad SMARTS) is 1. The Morgan fingerprint density at radius 3 is 2.39 bits per heavy atom. The fourth-order valence-corrected chi connectivity index (χ4v) is 5.15. The zero-order chi connectivity index (χ0) is 29.6. The fraction of sp³-hybridized carbons (Fsp3) is 0.467. The van der Waals surface area contributed by atoms with Crippen molar-refractivity contribution in [2.45, 2.75) is 59.0 Å². The van der Waals surface area contributed by atoms with Crippen LogP contribution in [0.25, 0.3) is 0 Å². The molecule has 0 atom stereocenters. The number of aliphatic carboxylic acids is 1. The van der Waals surface area contributed by atoms with E-state index < -0.39 is 11.5 Å². The molecule has 2 aliphatic heterocycles. The molecule has 2 aromatic carbocycles. The Morgan fingerprint density at radius 1 is 1.12 bits per heavy atom. The van der Waals surface area contributed by atoms with Crippen LogP contribution in [0.5, 0.6) is 11.5 Å². The second kappa shape index (κ2) is 11.7. The topological polar surface area (TPSA) is 132 Å². The molecule has 0 saturated heterocycles. The molecule has 1 amide bonds. The van der Waals surface area contributed by atoms with Gasteiger partial charge in [-0.05, 0) is 56.0 Å². The van der Waals surface area contributed by atoms with Gasteiger partial charge in [-0.1, -0.05) is 20.8 Å². The van der Waals surface area contributed by atoms with Crippen molar-refractivity contribution in [2.75, 3.05) is 38.3 Å². The van der Waals surface area contributed by atoms with Crippen LogP contribution in [0.3, 0.4) is 0 Å². The van der Waals surface area contributed by atoms with Gasteiger partial charge >= 0.3 is 5.97 Å². The van der Waals surface area contributed by atoms with Crippen molar-refractivity contribution in [2.24, 2.45) is 0 Å². The summed E-state index contributed by atoms with van der Waals surface area (Å²) >= 11 is 0. The fourth-order valence-electron chi connectivity index (χ4n) is 5.15. The number of rotatable bonds is 8. The van der Waals surface area contributed by atoms with E-state index in [0.717, 1.165) is 11.1 Å². The van der Waals surface area contributed by atoms with Gasteiger partial charge in [0.1, 0.15) is 29.5 Å². The molecule has 41 heavy (non-hydrogen) atoms. The maximum absolute atomic E-state index is 13.7. The van der Waals surface area contributed by atoms with Crippen LogP contribution in [-0.2, 0) is 16.8 Å². The van der Waals surface area contributed by atoms with E-state index in [4.69, 9.17) is 14.9 Å². The molecule has 3 N–H and O–H groups in total. The highest BCUT2D eigenvalue weighted by Crippen LogP contribution is 2.44. The van der Waals surface area contributed by atoms with Gasteiger partial charge in [0.2, 0.25) is 0 Å². The molecule has 10 nitrogen and oxygen atoms in total. The van der Waals surface area contributed by atoms with E-state index in [9.17, 15) is 19.5 Å². The zero-order valence-corrected chi connectivity index (χ0v) is 26.3. The lowest BCUT2D eigenvalue weighted by Crippen LogP contribution is -2.53. The molecule has 0 aliphatic carbocycles. The number of carboxylic acids is 1. The third-order valence-electron chi connectivity index (χ3n) is 7.49. The number of ether oxygens (including phenoxy) is 2. The average molecular weight is 632 g/mol. The molecule has 0 unspecified atom stereocenters. The van der Waals surface area contributed by atoms with Gasteiger partial charge in [-0.15, -0.1) is 17.0 Å². The number of hydrogen-bond acceptors (Lipinski definition) is 7. The maximum Gasteiger partial charge on any atom is 0.328 e. The molecule has 11 heteroatoms. The summed E-state index contributed by atoms with van der Waals surface area (Å²) < 4.78 is 11.7. The SMILES string of the molecule is Br.CCOc1cc2c(cc1C(=O)NC)C(=N)N(CC(=O)c1cc3c(c(C(C)(C)C)c1)OCCN3C(C)(C)C(=O)O)C2. The van der Waals surface area contributed by atoms with E-state index in [1.54, 1.807) is 41.8 Å². The monoisotopic (exact) mass is 630 g/mol. The molecule has 0 spiro atoms. The van der Waals surface area contributed by atoms with Crippen molar-refractivity contribution in [1.82, 2.24) is 10.2 Å². The average Bonchev–Trinajstić information content (AvgIpc) is 3.19. The van der Waals surface area contributed by atoms with E-state index in [1.807, 2.05) is 33.8 Å². The second-order valence-corrected chi connectivity index (χ2v) is 11.6. The Labute approximate surface area is 251 Å². The standard InChI is InChI=1S/C30H38N4O6.BrH/c1-8-39-24-13-18-15-33(26(31)19(18)14-20(24)27(36)32-7)16-23(35)17-11-21(29(2,3)4)25-22(12-17)34(9-10-40-25)30(5,6)28(37)38;/h11-14,31H,8-10,15-16H2,1-7H3,(H,32,36)(H,37,38);1H. The van der Waals surface area contributed by atoms with Crippen LogP contribution in [0.4, 0.5) is 5.69 Å². The summed E-state index contributed by atoms with van der Waals surface area (Å²) in [6.45, 7) is 12.5. The quantitative estimate of drug-likeness (QED) is 0.366.